The molecule has 1 aromatic carbocycles. The lowest BCUT2D eigenvalue weighted by molar-refractivity contribution is -0.135. The molecule has 1 amide bonds. The zero-order valence-corrected chi connectivity index (χ0v) is 17.4. The zero-order chi connectivity index (χ0) is 21.7. The molecule has 2 heterocycles. The Bertz CT molecular complexity index is 907. The summed E-state index contributed by atoms with van der Waals surface area (Å²) in [7, 11) is 2.99. The lowest BCUT2D eigenvalue weighted by atomic mass is 9.87. The van der Waals surface area contributed by atoms with Gasteiger partial charge in [-0.3, -0.25) is 14.6 Å². The fourth-order valence-electron chi connectivity index (χ4n) is 3.55. The summed E-state index contributed by atoms with van der Waals surface area (Å²) < 4.78 is 16.0. The summed E-state index contributed by atoms with van der Waals surface area (Å²) in [4.78, 5) is 30.6. The van der Waals surface area contributed by atoms with Crippen LogP contribution in [0.25, 0.3) is 0 Å². The number of hydrogen-bond donors (Lipinski definition) is 1. The maximum atomic E-state index is 13.0. The van der Waals surface area contributed by atoms with E-state index in [4.69, 9.17) is 14.2 Å². The molecule has 1 saturated heterocycles. The predicted molar refractivity (Wildman–Crippen MR) is 109 cm³/mol. The number of ketones is 1. The van der Waals surface area contributed by atoms with Gasteiger partial charge in [0, 0.05) is 56.2 Å². The monoisotopic (exact) mass is 414 g/mol. The van der Waals surface area contributed by atoms with Gasteiger partial charge in [0.25, 0.3) is 0 Å². The van der Waals surface area contributed by atoms with Crippen molar-refractivity contribution in [1.29, 1.82) is 0 Å². The first kappa shape index (κ1) is 21.6. The van der Waals surface area contributed by atoms with Crippen LogP contribution < -0.4 is 9.47 Å². The van der Waals surface area contributed by atoms with E-state index < -0.39 is 5.92 Å². The largest absolute Gasteiger partial charge is 0.507 e. The summed E-state index contributed by atoms with van der Waals surface area (Å²) in [5.41, 5.74) is 1.50. The number of pyridine rings is 1. The van der Waals surface area contributed by atoms with E-state index in [2.05, 4.69) is 4.98 Å². The molecule has 1 atom stereocenters. The SMILES string of the molecule is COc1cc(O)c(C(CC(=O)N2CCOCC2)c2ccc(C(C)=O)nc2)c(OC)c1. The van der Waals surface area contributed by atoms with Crippen molar-refractivity contribution in [2.24, 2.45) is 0 Å². The van der Waals surface area contributed by atoms with Gasteiger partial charge in [-0.25, -0.2) is 0 Å². The Kier molecular flexibility index (Phi) is 6.89. The Morgan fingerprint density at radius 3 is 2.50 bits per heavy atom. The second-order valence-corrected chi connectivity index (χ2v) is 7.05. The van der Waals surface area contributed by atoms with E-state index in [1.54, 1.807) is 29.3 Å². The van der Waals surface area contributed by atoms with Gasteiger partial charge < -0.3 is 24.2 Å². The van der Waals surface area contributed by atoms with Gasteiger partial charge in [0.1, 0.15) is 22.9 Å². The van der Waals surface area contributed by atoms with E-state index >= 15 is 0 Å². The molecule has 0 aliphatic carbocycles. The van der Waals surface area contributed by atoms with Crippen molar-refractivity contribution >= 4 is 11.7 Å². The van der Waals surface area contributed by atoms with E-state index in [9.17, 15) is 14.7 Å². The second kappa shape index (κ2) is 9.58. The molecule has 8 heteroatoms. The minimum Gasteiger partial charge on any atom is -0.507 e. The maximum Gasteiger partial charge on any atom is 0.223 e. The quantitative estimate of drug-likeness (QED) is 0.695. The van der Waals surface area contributed by atoms with Gasteiger partial charge in [-0.05, 0) is 11.6 Å². The number of hydrogen-bond acceptors (Lipinski definition) is 7. The van der Waals surface area contributed by atoms with E-state index in [0.717, 1.165) is 0 Å². The van der Waals surface area contributed by atoms with Gasteiger partial charge in [0.15, 0.2) is 5.78 Å². The lowest BCUT2D eigenvalue weighted by Gasteiger charge is -2.29. The highest BCUT2D eigenvalue weighted by molar-refractivity contribution is 5.92. The summed E-state index contributed by atoms with van der Waals surface area (Å²) in [6.45, 7) is 3.50. The molecule has 1 aliphatic rings. The van der Waals surface area contributed by atoms with Crippen molar-refractivity contribution in [3.8, 4) is 17.2 Å². The molecule has 0 saturated carbocycles. The number of aromatic hydroxyl groups is 1. The van der Waals surface area contributed by atoms with Gasteiger partial charge in [-0.15, -0.1) is 0 Å². The van der Waals surface area contributed by atoms with E-state index in [0.29, 0.717) is 54.6 Å². The van der Waals surface area contributed by atoms with Crippen molar-refractivity contribution in [3.05, 3.63) is 47.3 Å². The third-order valence-electron chi connectivity index (χ3n) is 5.19. The zero-order valence-electron chi connectivity index (χ0n) is 17.4. The molecule has 2 aromatic rings. The van der Waals surface area contributed by atoms with Crippen LogP contribution >= 0.6 is 0 Å². The Morgan fingerprint density at radius 1 is 1.20 bits per heavy atom. The second-order valence-electron chi connectivity index (χ2n) is 7.05. The molecule has 30 heavy (non-hydrogen) atoms. The van der Waals surface area contributed by atoms with E-state index in [1.807, 2.05) is 0 Å². The minimum absolute atomic E-state index is 0.0402. The van der Waals surface area contributed by atoms with Crippen molar-refractivity contribution < 1.29 is 28.9 Å². The first-order chi connectivity index (χ1) is 14.4. The van der Waals surface area contributed by atoms with Crippen LogP contribution in [0.3, 0.4) is 0 Å². The third-order valence-corrected chi connectivity index (χ3v) is 5.19. The highest BCUT2D eigenvalue weighted by Crippen LogP contribution is 2.43. The number of morpholine rings is 1. The Balaban J connectivity index is 2.03. The average molecular weight is 414 g/mol. The number of amides is 1. The van der Waals surface area contributed by atoms with Crippen LogP contribution in [0.5, 0.6) is 17.2 Å². The first-order valence-corrected chi connectivity index (χ1v) is 9.72. The number of aromatic nitrogens is 1. The number of Topliss-reactive ketones (excluding diaryl/α,β-unsaturated/α-hetero) is 1. The minimum atomic E-state index is -0.519. The Hall–Kier alpha value is -3.13. The third kappa shape index (κ3) is 4.71. The summed E-state index contributed by atoms with van der Waals surface area (Å²) in [6, 6.07) is 6.53. The number of ether oxygens (including phenoxy) is 3. The molecule has 0 bridgehead atoms. The number of nitrogens with zero attached hydrogens (tertiary/aromatic N) is 2. The number of carbonyl (C=O) groups is 2. The van der Waals surface area contributed by atoms with Gasteiger partial charge in [-0.2, -0.15) is 0 Å². The van der Waals surface area contributed by atoms with Gasteiger partial charge in [0.2, 0.25) is 5.91 Å². The highest BCUT2D eigenvalue weighted by atomic mass is 16.5. The van der Waals surface area contributed by atoms with Crippen LogP contribution in [0.15, 0.2) is 30.5 Å². The van der Waals surface area contributed by atoms with Crippen molar-refractivity contribution in [2.75, 3.05) is 40.5 Å². The van der Waals surface area contributed by atoms with Crippen LogP contribution in [0.4, 0.5) is 0 Å². The van der Waals surface area contributed by atoms with Crippen LogP contribution in [0.1, 0.15) is 40.9 Å². The molecule has 1 fully saturated rings. The van der Waals surface area contributed by atoms with Crippen LogP contribution in [0, 0.1) is 0 Å². The van der Waals surface area contributed by atoms with E-state index in [-0.39, 0.29) is 23.9 Å². The van der Waals surface area contributed by atoms with Crippen molar-refractivity contribution in [3.63, 3.8) is 0 Å². The number of carbonyl (C=O) groups excluding carboxylic acids is 2. The van der Waals surface area contributed by atoms with Crippen LogP contribution in [-0.2, 0) is 9.53 Å². The van der Waals surface area contributed by atoms with Crippen molar-refractivity contribution in [1.82, 2.24) is 9.88 Å². The molecule has 3 rings (SSSR count). The van der Waals surface area contributed by atoms with Gasteiger partial charge in [0.05, 0.1) is 27.4 Å². The molecular formula is C22H26N2O6. The molecule has 1 N–H and O–H groups in total. The lowest BCUT2D eigenvalue weighted by Crippen LogP contribution is -2.41. The number of phenolic OH excluding ortho intramolecular Hbond substituents is 1. The average Bonchev–Trinajstić information content (AvgIpc) is 2.77. The normalized spacial score (nSPS) is 14.8. The summed E-state index contributed by atoms with van der Waals surface area (Å²) in [6.07, 6.45) is 1.68. The first-order valence-electron chi connectivity index (χ1n) is 9.72. The van der Waals surface area contributed by atoms with Crippen LogP contribution in [-0.4, -0.2) is 67.2 Å². The molecule has 1 unspecified atom stereocenters. The molecule has 160 valence electrons. The summed E-state index contributed by atoms with van der Waals surface area (Å²) >= 11 is 0. The molecule has 0 spiro atoms. The fraction of sp³-hybridized carbons (Fsp3) is 0.409. The van der Waals surface area contributed by atoms with E-state index in [1.165, 1.54) is 27.2 Å². The maximum absolute atomic E-state index is 13.0. The number of methoxy groups -OCH3 is 2. The van der Waals surface area contributed by atoms with Gasteiger partial charge >= 0.3 is 0 Å². The molecule has 1 aliphatic heterocycles. The predicted octanol–water partition coefficient (Wildman–Crippen LogP) is 2.39. The number of rotatable bonds is 7. The number of phenols is 1. The highest BCUT2D eigenvalue weighted by Gasteiger charge is 2.29. The Labute approximate surface area is 175 Å². The summed E-state index contributed by atoms with van der Waals surface area (Å²) in [5, 5.41) is 10.8. The molecule has 1 aromatic heterocycles. The molecular weight excluding hydrogens is 388 g/mol. The standard InChI is InChI=1S/C22H26N2O6/c1-14(25)18-5-4-15(13-23-18)17(12-21(27)24-6-8-30-9-7-24)22-19(26)10-16(28-2)11-20(22)29-3/h4-5,10-11,13,17,26H,6-9,12H2,1-3H3. The topological polar surface area (TPSA) is 98.2 Å². The fourth-order valence-corrected chi connectivity index (χ4v) is 3.55. The Morgan fingerprint density at radius 2 is 1.93 bits per heavy atom. The smallest absolute Gasteiger partial charge is 0.223 e. The number of benzene rings is 1. The van der Waals surface area contributed by atoms with Crippen molar-refractivity contribution in [2.45, 2.75) is 19.3 Å². The molecule has 8 nitrogen and oxygen atoms in total. The van der Waals surface area contributed by atoms with Crippen LogP contribution in [0.2, 0.25) is 0 Å². The summed E-state index contributed by atoms with van der Waals surface area (Å²) in [5.74, 6) is 0.0820. The molecule has 0 radical (unpaired) electrons. The van der Waals surface area contributed by atoms with Gasteiger partial charge in [-0.1, -0.05) is 6.07 Å².